The van der Waals surface area contributed by atoms with E-state index < -0.39 is 12.2 Å². The van der Waals surface area contributed by atoms with Gasteiger partial charge in [0.1, 0.15) is 0 Å². The second kappa shape index (κ2) is 3.68. The van der Waals surface area contributed by atoms with Crippen molar-refractivity contribution in [2.75, 3.05) is 0 Å². The summed E-state index contributed by atoms with van der Waals surface area (Å²) in [5.74, 6) is -0.969. The molecule has 5 atom stereocenters. The number of fused-ring (bicyclic) bond motifs is 5. The molecule has 3 aliphatic rings. The Labute approximate surface area is 105 Å². The molecule has 2 fully saturated rings. The van der Waals surface area contributed by atoms with Crippen LogP contribution in [0.25, 0.3) is 0 Å². The van der Waals surface area contributed by atoms with Crippen molar-refractivity contribution in [3.05, 3.63) is 24.3 Å². The molecule has 1 saturated carbocycles. The first kappa shape index (κ1) is 11.5. The fourth-order valence-corrected chi connectivity index (χ4v) is 3.31. The molecule has 5 unspecified atom stereocenters. The summed E-state index contributed by atoms with van der Waals surface area (Å²) in [6.07, 6.45) is 3.96. The van der Waals surface area contributed by atoms with Gasteiger partial charge in [-0.2, -0.15) is 0 Å². The number of carbonyl (C=O) groups excluding carboxylic acids is 2. The fourth-order valence-electron chi connectivity index (χ4n) is 3.31. The summed E-state index contributed by atoms with van der Waals surface area (Å²) in [6.45, 7) is 4.96. The van der Waals surface area contributed by atoms with Crippen molar-refractivity contribution in [1.29, 1.82) is 0 Å². The molecule has 1 heterocycles. The highest BCUT2D eigenvalue weighted by Gasteiger charge is 2.60. The van der Waals surface area contributed by atoms with Gasteiger partial charge in [0.05, 0.1) is 5.92 Å². The minimum Gasteiger partial charge on any atom is -0.370 e. The lowest BCUT2D eigenvalue weighted by molar-refractivity contribution is -0.222. The van der Waals surface area contributed by atoms with Gasteiger partial charge < -0.3 is 9.94 Å². The Morgan fingerprint density at radius 1 is 1.50 bits per heavy atom. The Morgan fingerprint density at radius 3 is 2.78 bits per heavy atom. The first-order valence-corrected chi connectivity index (χ1v) is 6.08. The molecule has 3 rings (SSSR count). The number of allylic oxidation sites excluding steroid dienone is 2. The largest absolute Gasteiger partial charge is 0.370 e. The number of carbonyl (C=O) groups is 2. The van der Waals surface area contributed by atoms with Crippen molar-refractivity contribution in [3.8, 4) is 0 Å². The zero-order valence-electron chi connectivity index (χ0n) is 10.1. The van der Waals surface area contributed by atoms with Gasteiger partial charge in [-0.15, -0.1) is 5.06 Å². The van der Waals surface area contributed by atoms with Gasteiger partial charge in [-0.05, 0) is 25.2 Å². The average Bonchev–Trinajstić information content (AvgIpc) is 2.98. The molecule has 0 spiro atoms. The van der Waals surface area contributed by atoms with Gasteiger partial charge in [0.25, 0.3) is 5.91 Å². The molecule has 2 bridgehead atoms. The number of amides is 1. The predicted octanol–water partition coefficient (Wildman–Crippen LogP) is 0.620. The van der Waals surface area contributed by atoms with Crippen LogP contribution in [-0.4, -0.2) is 28.3 Å². The summed E-state index contributed by atoms with van der Waals surface area (Å²) in [5, 5.41) is 11.0. The van der Waals surface area contributed by atoms with Crippen LogP contribution in [0, 0.1) is 23.7 Å². The van der Waals surface area contributed by atoms with Gasteiger partial charge in [-0.3, -0.25) is 4.79 Å². The quantitative estimate of drug-likeness (QED) is 0.575. The van der Waals surface area contributed by atoms with Crippen LogP contribution < -0.4 is 0 Å². The maximum Gasteiger partial charge on any atom is 0.358 e. The van der Waals surface area contributed by atoms with E-state index in [1.807, 2.05) is 12.2 Å². The van der Waals surface area contributed by atoms with E-state index in [0.717, 1.165) is 11.5 Å². The normalized spacial score (nSPS) is 40.2. The third-order valence-corrected chi connectivity index (χ3v) is 4.14. The summed E-state index contributed by atoms with van der Waals surface area (Å²) in [5.41, 5.74) is 0.202. The van der Waals surface area contributed by atoms with Gasteiger partial charge in [-0.1, -0.05) is 18.7 Å². The summed E-state index contributed by atoms with van der Waals surface area (Å²) in [4.78, 5) is 28.5. The molecule has 0 radical (unpaired) electrons. The molecule has 2 aliphatic carbocycles. The highest BCUT2D eigenvalue weighted by atomic mass is 16.7. The molecule has 18 heavy (non-hydrogen) atoms. The van der Waals surface area contributed by atoms with Crippen LogP contribution in [0.4, 0.5) is 0 Å². The lowest BCUT2D eigenvalue weighted by Crippen LogP contribution is -2.38. The Bertz CT molecular complexity index is 470. The smallest absolute Gasteiger partial charge is 0.358 e. The summed E-state index contributed by atoms with van der Waals surface area (Å²) in [6, 6.07) is 0. The molecule has 96 valence electrons. The lowest BCUT2D eigenvalue weighted by atomic mass is 9.85. The average molecular weight is 249 g/mol. The molecule has 0 aromatic carbocycles. The van der Waals surface area contributed by atoms with E-state index in [1.165, 1.54) is 6.92 Å². The highest BCUT2D eigenvalue weighted by molar-refractivity contribution is 5.89. The number of hydrogen-bond acceptors (Lipinski definition) is 4. The second-order valence-electron chi connectivity index (χ2n) is 5.29. The van der Waals surface area contributed by atoms with Gasteiger partial charge in [0.15, 0.2) is 6.23 Å². The third kappa shape index (κ3) is 1.37. The van der Waals surface area contributed by atoms with Crippen molar-refractivity contribution in [2.45, 2.75) is 19.6 Å². The highest BCUT2D eigenvalue weighted by Crippen LogP contribution is 2.53. The van der Waals surface area contributed by atoms with Gasteiger partial charge in [0, 0.05) is 11.5 Å². The number of aliphatic hydroxyl groups is 1. The standard InChI is InChI=1S/C13H15NO4/c1-6(2)13(17)18-14-11(15)9-7-3-4-8(5-7)10(9)12(14)16/h3-4,7-11,15H,1,5H2,2H3. The molecule has 1 amide bonds. The van der Waals surface area contributed by atoms with Gasteiger partial charge in [-0.25, -0.2) is 4.79 Å². The summed E-state index contributed by atoms with van der Waals surface area (Å²) in [7, 11) is 0. The zero-order chi connectivity index (χ0) is 13.0. The Kier molecular flexibility index (Phi) is 2.35. The van der Waals surface area contributed by atoms with Crippen molar-refractivity contribution in [2.24, 2.45) is 23.7 Å². The molecule has 0 aromatic heterocycles. The molecular formula is C13H15NO4. The lowest BCUT2D eigenvalue weighted by Gasteiger charge is -2.23. The molecule has 0 aromatic rings. The van der Waals surface area contributed by atoms with Crippen LogP contribution in [0.1, 0.15) is 13.3 Å². The second-order valence-corrected chi connectivity index (χ2v) is 5.29. The summed E-state index contributed by atoms with van der Waals surface area (Å²) < 4.78 is 0. The van der Waals surface area contributed by atoms with E-state index >= 15 is 0 Å². The fraction of sp³-hybridized carbons (Fsp3) is 0.538. The molecule has 1 saturated heterocycles. The van der Waals surface area contributed by atoms with E-state index in [1.54, 1.807) is 0 Å². The molecule has 5 nitrogen and oxygen atoms in total. The van der Waals surface area contributed by atoms with Crippen LogP contribution in [0.2, 0.25) is 0 Å². The number of rotatable bonds is 2. The van der Waals surface area contributed by atoms with Crippen LogP contribution in [-0.2, 0) is 14.4 Å². The molecular weight excluding hydrogens is 234 g/mol. The van der Waals surface area contributed by atoms with Crippen LogP contribution in [0.3, 0.4) is 0 Å². The maximum absolute atomic E-state index is 12.2. The van der Waals surface area contributed by atoms with E-state index in [2.05, 4.69) is 6.58 Å². The Balaban J connectivity index is 1.82. The van der Waals surface area contributed by atoms with E-state index in [4.69, 9.17) is 4.84 Å². The van der Waals surface area contributed by atoms with E-state index in [-0.39, 0.29) is 35.2 Å². The van der Waals surface area contributed by atoms with Gasteiger partial charge >= 0.3 is 5.97 Å². The number of aliphatic hydroxyl groups excluding tert-OH is 1. The Morgan fingerprint density at radius 2 is 2.17 bits per heavy atom. The van der Waals surface area contributed by atoms with Crippen LogP contribution in [0.15, 0.2) is 24.3 Å². The van der Waals surface area contributed by atoms with E-state index in [9.17, 15) is 14.7 Å². The maximum atomic E-state index is 12.2. The minimum absolute atomic E-state index is 0.148. The van der Waals surface area contributed by atoms with E-state index in [0.29, 0.717) is 0 Å². The van der Waals surface area contributed by atoms with Gasteiger partial charge in [0.2, 0.25) is 0 Å². The molecule has 1 aliphatic heterocycles. The summed E-state index contributed by atoms with van der Waals surface area (Å²) >= 11 is 0. The van der Waals surface area contributed by atoms with Crippen molar-refractivity contribution < 1.29 is 19.5 Å². The first-order chi connectivity index (χ1) is 8.50. The zero-order valence-corrected chi connectivity index (χ0v) is 10.1. The van der Waals surface area contributed by atoms with Crippen LogP contribution in [0.5, 0.6) is 0 Å². The van der Waals surface area contributed by atoms with Crippen molar-refractivity contribution in [1.82, 2.24) is 5.06 Å². The third-order valence-electron chi connectivity index (χ3n) is 4.14. The monoisotopic (exact) mass is 249 g/mol. The van der Waals surface area contributed by atoms with Crippen LogP contribution >= 0.6 is 0 Å². The SMILES string of the molecule is C=C(C)C(=O)ON1C(=O)C2C3C=CC(C3)C2C1O. The molecule has 5 heteroatoms. The van der Waals surface area contributed by atoms with Crippen molar-refractivity contribution >= 4 is 11.9 Å². The first-order valence-electron chi connectivity index (χ1n) is 6.08. The molecule has 1 N–H and O–H groups in total. The number of nitrogens with zero attached hydrogens (tertiary/aromatic N) is 1. The minimum atomic E-state index is -1.04. The van der Waals surface area contributed by atoms with Crippen molar-refractivity contribution in [3.63, 3.8) is 0 Å². The predicted molar refractivity (Wildman–Crippen MR) is 61.5 cm³/mol. The Hall–Kier alpha value is -1.62. The number of hydroxylamine groups is 2. The topological polar surface area (TPSA) is 66.8 Å². The number of hydrogen-bond donors (Lipinski definition) is 1.